The topological polar surface area (TPSA) is 68.3 Å². The van der Waals surface area contributed by atoms with Gasteiger partial charge in [0.25, 0.3) is 0 Å². The molecule has 1 aromatic carbocycles. The highest BCUT2D eigenvalue weighted by molar-refractivity contribution is 5.62. The van der Waals surface area contributed by atoms with Crippen LogP contribution in [0.15, 0.2) is 24.3 Å². The molecule has 1 aliphatic rings. The van der Waals surface area contributed by atoms with Crippen molar-refractivity contribution in [2.24, 2.45) is 0 Å². The van der Waals surface area contributed by atoms with E-state index < -0.39 is 0 Å². The predicted octanol–water partition coefficient (Wildman–Crippen LogP) is 3.47. The summed E-state index contributed by atoms with van der Waals surface area (Å²) in [5.41, 5.74) is 1.82. The van der Waals surface area contributed by atoms with Crippen LogP contribution < -0.4 is 20.1 Å². The Morgan fingerprint density at radius 3 is 2.86 bits per heavy atom. The number of ether oxygens (including phenoxy) is 2. The number of nitrogens with zero attached hydrogens (tertiary/aromatic N) is 2. The van der Waals surface area contributed by atoms with E-state index in [2.05, 4.69) is 27.5 Å². The van der Waals surface area contributed by atoms with Gasteiger partial charge in [-0.25, -0.2) is 4.98 Å². The van der Waals surface area contributed by atoms with E-state index in [9.17, 15) is 0 Å². The Balaban J connectivity index is 1.74. The molecule has 6 nitrogen and oxygen atoms in total. The zero-order valence-corrected chi connectivity index (χ0v) is 12.8. The van der Waals surface area contributed by atoms with Crippen molar-refractivity contribution < 1.29 is 9.47 Å². The highest BCUT2D eigenvalue weighted by Crippen LogP contribution is 2.34. The standard InChI is InChI=1S/C16H20N4O2/c1-3-4-7-17-16-18-11(2)8-15(20-16)19-12-5-6-13-14(9-12)22-10-21-13/h5-6,8-9H,3-4,7,10H2,1-2H3,(H2,17,18,19,20). The number of fused-ring (bicyclic) bond motifs is 1. The predicted molar refractivity (Wildman–Crippen MR) is 86.0 cm³/mol. The van der Waals surface area contributed by atoms with Crippen LogP contribution in [0.25, 0.3) is 0 Å². The summed E-state index contributed by atoms with van der Waals surface area (Å²) in [7, 11) is 0. The Kier molecular flexibility index (Phi) is 4.27. The van der Waals surface area contributed by atoms with Gasteiger partial charge in [-0.05, 0) is 25.5 Å². The lowest BCUT2D eigenvalue weighted by molar-refractivity contribution is 0.174. The first-order valence-corrected chi connectivity index (χ1v) is 7.51. The number of hydrogen-bond acceptors (Lipinski definition) is 6. The summed E-state index contributed by atoms with van der Waals surface area (Å²) in [5, 5.41) is 6.53. The van der Waals surface area contributed by atoms with Gasteiger partial charge >= 0.3 is 0 Å². The van der Waals surface area contributed by atoms with E-state index in [1.54, 1.807) is 0 Å². The molecule has 3 rings (SSSR count). The second-order valence-electron chi connectivity index (χ2n) is 5.19. The zero-order chi connectivity index (χ0) is 15.4. The molecule has 0 atom stereocenters. The van der Waals surface area contributed by atoms with Crippen LogP contribution in [0.3, 0.4) is 0 Å². The molecule has 0 radical (unpaired) electrons. The Hall–Kier alpha value is -2.50. The van der Waals surface area contributed by atoms with Gasteiger partial charge in [0.15, 0.2) is 11.5 Å². The van der Waals surface area contributed by atoms with E-state index in [-0.39, 0.29) is 6.79 Å². The summed E-state index contributed by atoms with van der Waals surface area (Å²) >= 11 is 0. The second kappa shape index (κ2) is 6.51. The van der Waals surface area contributed by atoms with Crippen LogP contribution in [0.4, 0.5) is 17.5 Å². The fraction of sp³-hybridized carbons (Fsp3) is 0.375. The lowest BCUT2D eigenvalue weighted by atomic mass is 10.2. The molecule has 2 aromatic rings. The third-order valence-electron chi connectivity index (χ3n) is 3.31. The van der Waals surface area contributed by atoms with Crippen LogP contribution >= 0.6 is 0 Å². The monoisotopic (exact) mass is 300 g/mol. The van der Waals surface area contributed by atoms with Gasteiger partial charge in [0.2, 0.25) is 12.7 Å². The maximum Gasteiger partial charge on any atom is 0.231 e. The number of aryl methyl sites for hydroxylation is 1. The van der Waals surface area contributed by atoms with Crippen molar-refractivity contribution in [3.63, 3.8) is 0 Å². The number of rotatable bonds is 6. The van der Waals surface area contributed by atoms with Crippen molar-refractivity contribution >= 4 is 17.5 Å². The summed E-state index contributed by atoms with van der Waals surface area (Å²) in [5.74, 6) is 2.92. The van der Waals surface area contributed by atoms with Crippen LogP contribution in [0.5, 0.6) is 11.5 Å². The minimum absolute atomic E-state index is 0.275. The Morgan fingerprint density at radius 1 is 1.14 bits per heavy atom. The SMILES string of the molecule is CCCCNc1nc(C)cc(Nc2ccc3c(c2)OCO3)n1. The van der Waals surface area contributed by atoms with Crippen molar-refractivity contribution in [3.05, 3.63) is 30.0 Å². The van der Waals surface area contributed by atoms with Gasteiger partial charge < -0.3 is 20.1 Å². The Bertz CT molecular complexity index is 661. The van der Waals surface area contributed by atoms with Gasteiger partial charge in [-0.3, -0.25) is 0 Å². The number of anilines is 3. The normalized spacial score (nSPS) is 12.3. The van der Waals surface area contributed by atoms with Gasteiger partial charge in [-0.1, -0.05) is 13.3 Å². The molecular formula is C16H20N4O2. The lowest BCUT2D eigenvalue weighted by Crippen LogP contribution is -2.07. The highest BCUT2D eigenvalue weighted by Gasteiger charge is 2.13. The van der Waals surface area contributed by atoms with Gasteiger partial charge in [0.05, 0.1) is 0 Å². The van der Waals surface area contributed by atoms with Crippen LogP contribution in [-0.2, 0) is 0 Å². The van der Waals surface area contributed by atoms with E-state index in [1.807, 2.05) is 31.2 Å². The molecule has 1 aromatic heterocycles. The average Bonchev–Trinajstić information content (AvgIpc) is 2.94. The molecular weight excluding hydrogens is 280 g/mol. The quantitative estimate of drug-likeness (QED) is 0.796. The van der Waals surface area contributed by atoms with E-state index >= 15 is 0 Å². The molecule has 0 spiro atoms. The molecule has 0 saturated heterocycles. The number of unbranched alkanes of at least 4 members (excludes halogenated alkanes) is 1. The van der Waals surface area contributed by atoms with Gasteiger partial charge in [-0.15, -0.1) is 0 Å². The fourth-order valence-corrected chi connectivity index (χ4v) is 2.21. The molecule has 0 saturated carbocycles. The van der Waals surface area contributed by atoms with E-state index in [1.165, 1.54) is 0 Å². The number of aromatic nitrogens is 2. The van der Waals surface area contributed by atoms with Gasteiger partial charge in [0.1, 0.15) is 5.82 Å². The van der Waals surface area contributed by atoms with E-state index in [0.29, 0.717) is 5.95 Å². The van der Waals surface area contributed by atoms with Crippen molar-refractivity contribution in [1.82, 2.24) is 9.97 Å². The van der Waals surface area contributed by atoms with E-state index in [0.717, 1.165) is 48.1 Å². The largest absolute Gasteiger partial charge is 0.454 e. The van der Waals surface area contributed by atoms with Gasteiger partial charge in [0, 0.05) is 30.1 Å². The molecule has 0 unspecified atom stereocenters. The van der Waals surface area contributed by atoms with E-state index in [4.69, 9.17) is 9.47 Å². The van der Waals surface area contributed by atoms with Crippen LogP contribution in [0, 0.1) is 6.92 Å². The lowest BCUT2D eigenvalue weighted by Gasteiger charge is -2.10. The highest BCUT2D eigenvalue weighted by atomic mass is 16.7. The molecule has 6 heteroatoms. The first kappa shape index (κ1) is 14.4. The molecule has 22 heavy (non-hydrogen) atoms. The fourth-order valence-electron chi connectivity index (χ4n) is 2.21. The maximum atomic E-state index is 5.38. The molecule has 2 heterocycles. The Labute approximate surface area is 129 Å². The molecule has 0 aliphatic carbocycles. The summed E-state index contributed by atoms with van der Waals surface area (Å²) in [6, 6.07) is 7.65. The smallest absolute Gasteiger partial charge is 0.231 e. The maximum absolute atomic E-state index is 5.38. The van der Waals surface area contributed by atoms with Crippen molar-refractivity contribution in [1.29, 1.82) is 0 Å². The van der Waals surface area contributed by atoms with Crippen molar-refractivity contribution in [3.8, 4) is 11.5 Å². The second-order valence-corrected chi connectivity index (χ2v) is 5.19. The third kappa shape index (κ3) is 3.39. The molecule has 2 N–H and O–H groups in total. The average molecular weight is 300 g/mol. The van der Waals surface area contributed by atoms with Crippen molar-refractivity contribution in [2.75, 3.05) is 24.0 Å². The van der Waals surface area contributed by atoms with Crippen molar-refractivity contribution in [2.45, 2.75) is 26.7 Å². The van der Waals surface area contributed by atoms with Gasteiger partial charge in [-0.2, -0.15) is 4.98 Å². The summed E-state index contributed by atoms with van der Waals surface area (Å²) in [6.45, 7) is 5.27. The zero-order valence-electron chi connectivity index (χ0n) is 12.8. The summed E-state index contributed by atoms with van der Waals surface area (Å²) in [6.07, 6.45) is 2.24. The molecule has 116 valence electrons. The number of benzene rings is 1. The molecule has 0 bridgehead atoms. The van der Waals surface area contributed by atoms with Crippen LogP contribution in [0.1, 0.15) is 25.5 Å². The first-order valence-electron chi connectivity index (χ1n) is 7.51. The third-order valence-corrected chi connectivity index (χ3v) is 3.31. The Morgan fingerprint density at radius 2 is 2.00 bits per heavy atom. The molecule has 0 fully saturated rings. The number of hydrogen-bond donors (Lipinski definition) is 2. The van der Waals surface area contributed by atoms with Crippen LogP contribution in [-0.4, -0.2) is 23.3 Å². The molecule has 0 amide bonds. The minimum atomic E-state index is 0.275. The number of nitrogens with one attached hydrogen (secondary N) is 2. The molecule has 1 aliphatic heterocycles. The summed E-state index contributed by atoms with van der Waals surface area (Å²) in [4.78, 5) is 8.89. The minimum Gasteiger partial charge on any atom is -0.454 e. The summed E-state index contributed by atoms with van der Waals surface area (Å²) < 4.78 is 10.7. The first-order chi connectivity index (χ1) is 10.7. The van der Waals surface area contributed by atoms with Crippen LogP contribution in [0.2, 0.25) is 0 Å².